The maximum atomic E-state index is 13.8. The van der Waals surface area contributed by atoms with Crippen molar-refractivity contribution in [2.75, 3.05) is 18.9 Å². The number of rotatable bonds is 7. The molecule has 8 heteroatoms. The summed E-state index contributed by atoms with van der Waals surface area (Å²) in [5.74, 6) is -0.341. The van der Waals surface area contributed by atoms with Gasteiger partial charge in [-0.1, -0.05) is 55.8 Å². The molecule has 1 saturated heterocycles. The molecule has 5 aliphatic rings. The molecule has 45 heavy (non-hydrogen) atoms. The van der Waals surface area contributed by atoms with Crippen LogP contribution in [0.3, 0.4) is 0 Å². The van der Waals surface area contributed by atoms with Crippen molar-refractivity contribution >= 4 is 17.3 Å². The molecule has 9 atom stereocenters. The minimum Gasteiger partial charge on any atom is -0.399 e. The van der Waals surface area contributed by atoms with Gasteiger partial charge in [-0.15, -0.1) is 0 Å². The molecule has 0 amide bonds. The monoisotopic (exact) mass is 613 g/mol. The number of allylic oxidation sites excluding steroid dienone is 4. The van der Waals surface area contributed by atoms with Crippen LogP contribution in [0.15, 0.2) is 66.3 Å². The topological polar surface area (TPSA) is 139 Å². The number of benzene rings is 2. The Morgan fingerprint density at radius 3 is 2.67 bits per heavy atom. The number of nitrogens with two attached hydrogens (primary N) is 1. The SMILES string of the molecule is C[C@]12C=CC(=O)C=C1CC[C@@H]1[C@@H]2[C@@H](O)C[C@@]2(C)[C@H]1C[C@H]1O[C@@H](c3cccc(Cc4cc(N)cc(CCO)c4)c3)O[C@]12C(=O)CO. The Balaban J connectivity index is 1.18. The molecular formula is C37H43NO7. The first-order valence-electron chi connectivity index (χ1n) is 16.2. The fourth-order valence-corrected chi connectivity index (χ4v) is 10.1. The smallest absolute Gasteiger partial charge is 0.193 e. The first-order chi connectivity index (χ1) is 21.5. The van der Waals surface area contributed by atoms with E-state index in [4.69, 9.17) is 15.2 Å². The number of aliphatic hydroxyl groups excluding tert-OH is 3. The summed E-state index contributed by atoms with van der Waals surface area (Å²) in [5, 5.41) is 31.5. The Morgan fingerprint density at radius 1 is 1.09 bits per heavy atom. The standard InChI is InChI=1S/C37H43NO7/c1-35-10-8-27(41)17-25(35)6-7-28-29-18-32-37(31(43)20-40,36(29,2)19-30(42)33(28)35)45-34(44-32)24-5-3-4-21(14-24)12-23-13-22(9-11-39)15-26(38)16-23/h3-5,8,10,13-17,28-30,32-34,39-40,42H,6-7,9,11-12,18-20,38H2,1-2H3/t28-,29-,30-,32+,33+,34+,35-,36-,37+/m0/s1. The van der Waals surface area contributed by atoms with Crippen molar-refractivity contribution in [2.24, 2.45) is 28.6 Å². The zero-order valence-corrected chi connectivity index (χ0v) is 25.9. The summed E-state index contributed by atoms with van der Waals surface area (Å²) in [6.07, 6.45) is 6.95. The summed E-state index contributed by atoms with van der Waals surface area (Å²) >= 11 is 0. The zero-order chi connectivity index (χ0) is 31.7. The Hall–Kier alpha value is -3.14. The number of carbonyl (C=O) groups excluding carboxylic acids is 2. The summed E-state index contributed by atoms with van der Waals surface area (Å²) in [6, 6.07) is 13.8. The van der Waals surface area contributed by atoms with Crippen LogP contribution in [0.5, 0.6) is 0 Å². The van der Waals surface area contributed by atoms with Gasteiger partial charge in [-0.05, 0) is 91.3 Å². The lowest BCUT2D eigenvalue weighted by Gasteiger charge is -2.59. The summed E-state index contributed by atoms with van der Waals surface area (Å²) in [6.45, 7) is 3.56. The van der Waals surface area contributed by atoms with Crippen molar-refractivity contribution in [2.45, 2.75) is 76.5 Å². The molecule has 0 radical (unpaired) electrons. The zero-order valence-electron chi connectivity index (χ0n) is 25.9. The number of aliphatic hydroxyl groups is 3. The molecule has 7 rings (SSSR count). The van der Waals surface area contributed by atoms with E-state index in [1.807, 2.05) is 49.4 Å². The Morgan fingerprint density at radius 2 is 1.89 bits per heavy atom. The highest BCUT2D eigenvalue weighted by atomic mass is 16.7. The average Bonchev–Trinajstić information content (AvgIpc) is 3.50. The number of nitrogen functional groups attached to an aromatic ring is 1. The number of anilines is 1. The lowest BCUT2D eigenvalue weighted by Crippen LogP contribution is -2.63. The molecule has 238 valence electrons. The van der Waals surface area contributed by atoms with Crippen LogP contribution in [0.1, 0.15) is 68.1 Å². The molecular weight excluding hydrogens is 570 g/mol. The van der Waals surface area contributed by atoms with Gasteiger partial charge in [0.05, 0.1) is 12.2 Å². The maximum absolute atomic E-state index is 13.8. The highest BCUT2D eigenvalue weighted by Gasteiger charge is 2.75. The van der Waals surface area contributed by atoms with E-state index in [2.05, 4.69) is 13.0 Å². The number of hydrogen-bond donors (Lipinski definition) is 4. The van der Waals surface area contributed by atoms with Gasteiger partial charge in [0.1, 0.15) is 6.61 Å². The Bertz CT molecular complexity index is 1600. The lowest BCUT2D eigenvalue weighted by molar-refractivity contribution is -0.201. The van der Waals surface area contributed by atoms with E-state index in [-0.39, 0.29) is 30.1 Å². The van der Waals surface area contributed by atoms with Crippen molar-refractivity contribution in [1.29, 1.82) is 0 Å². The van der Waals surface area contributed by atoms with Crippen LogP contribution in [0.4, 0.5) is 5.69 Å². The highest BCUT2D eigenvalue weighted by molar-refractivity contribution is 6.01. The third-order valence-corrected chi connectivity index (χ3v) is 11.9. The van der Waals surface area contributed by atoms with Gasteiger partial charge in [0.25, 0.3) is 0 Å². The molecule has 2 aromatic rings. The molecule has 8 nitrogen and oxygen atoms in total. The van der Waals surface area contributed by atoms with Gasteiger partial charge >= 0.3 is 0 Å². The van der Waals surface area contributed by atoms with Crippen LogP contribution in [0, 0.1) is 28.6 Å². The molecule has 0 bridgehead atoms. The predicted molar refractivity (Wildman–Crippen MR) is 168 cm³/mol. The first-order valence-corrected chi connectivity index (χ1v) is 16.2. The molecule has 0 spiro atoms. The van der Waals surface area contributed by atoms with Crippen LogP contribution in [-0.2, 0) is 31.9 Å². The second kappa shape index (κ2) is 11.0. The van der Waals surface area contributed by atoms with Gasteiger partial charge in [-0.25, -0.2) is 0 Å². The van der Waals surface area contributed by atoms with Crippen LogP contribution in [-0.4, -0.2) is 57.9 Å². The van der Waals surface area contributed by atoms with Crippen molar-refractivity contribution in [3.05, 3.63) is 88.5 Å². The maximum Gasteiger partial charge on any atom is 0.193 e. The molecule has 0 aromatic heterocycles. The Labute approximate surface area is 263 Å². The molecule has 1 heterocycles. The van der Waals surface area contributed by atoms with E-state index in [0.29, 0.717) is 31.4 Å². The Kier molecular flexibility index (Phi) is 7.45. The molecule has 4 fully saturated rings. The first kappa shape index (κ1) is 30.5. The van der Waals surface area contributed by atoms with Gasteiger partial charge in [0.15, 0.2) is 23.5 Å². The number of hydrogen-bond acceptors (Lipinski definition) is 8. The van der Waals surface area contributed by atoms with Crippen molar-refractivity contribution in [1.82, 2.24) is 0 Å². The largest absolute Gasteiger partial charge is 0.399 e. The van der Waals surface area contributed by atoms with E-state index in [1.165, 1.54) is 0 Å². The molecule has 2 aromatic carbocycles. The molecule has 5 N–H and O–H groups in total. The van der Waals surface area contributed by atoms with E-state index >= 15 is 0 Å². The highest BCUT2D eigenvalue weighted by Crippen LogP contribution is 2.70. The minimum atomic E-state index is -1.39. The van der Waals surface area contributed by atoms with Crippen molar-refractivity contribution in [3.8, 4) is 0 Å². The number of fused-ring (bicyclic) bond motifs is 7. The summed E-state index contributed by atoms with van der Waals surface area (Å²) in [5.41, 5.74) is 9.13. The van der Waals surface area contributed by atoms with Gasteiger partial charge < -0.3 is 30.5 Å². The summed E-state index contributed by atoms with van der Waals surface area (Å²) in [7, 11) is 0. The molecule has 1 aliphatic heterocycles. The molecule has 4 aliphatic carbocycles. The van der Waals surface area contributed by atoms with Gasteiger partial charge in [0.2, 0.25) is 0 Å². The van der Waals surface area contributed by atoms with E-state index in [1.54, 1.807) is 12.2 Å². The van der Waals surface area contributed by atoms with Gasteiger partial charge in [-0.2, -0.15) is 0 Å². The average molecular weight is 614 g/mol. The number of ether oxygens (including phenoxy) is 2. The normalized spacial score (nSPS) is 38.2. The number of ketones is 2. The second-order valence-corrected chi connectivity index (χ2v) is 14.3. The van der Waals surface area contributed by atoms with Crippen LogP contribution in [0.25, 0.3) is 0 Å². The number of carbonyl (C=O) groups is 2. The van der Waals surface area contributed by atoms with E-state index in [0.717, 1.165) is 40.7 Å². The minimum absolute atomic E-state index is 0.00443. The summed E-state index contributed by atoms with van der Waals surface area (Å²) in [4.78, 5) is 26.0. The molecule has 3 saturated carbocycles. The van der Waals surface area contributed by atoms with Crippen LogP contribution < -0.4 is 5.73 Å². The third kappa shape index (κ3) is 4.60. The van der Waals surface area contributed by atoms with Crippen LogP contribution in [0.2, 0.25) is 0 Å². The summed E-state index contributed by atoms with van der Waals surface area (Å²) < 4.78 is 13.4. The second-order valence-electron chi connectivity index (χ2n) is 14.3. The molecule has 0 unspecified atom stereocenters. The predicted octanol–water partition coefficient (Wildman–Crippen LogP) is 4.00. The van der Waals surface area contributed by atoms with Gasteiger partial charge in [0, 0.05) is 34.6 Å². The number of Topliss-reactive ketones (excluding diaryl/α,β-unsaturated/α-hetero) is 1. The van der Waals surface area contributed by atoms with Crippen LogP contribution >= 0.6 is 0 Å². The van der Waals surface area contributed by atoms with Gasteiger partial charge in [-0.3, -0.25) is 9.59 Å². The third-order valence-electron chi connectivity index (χ3n) is 11.9. The van der Waals surface area contributed by atoms with Crippen molar-refractivity contribution < 1.29 is 34.4 Å². The van der Waals surface area contributed by atoms with Crippen molar-refractivity contribution in [3.63, 3.8) is 0 Å². The fraction of sp³-hybridized carbons (Fsp3) is 0.514. The quantitative estimate of drug-likeness (QED) is 0.344. The van der Waals surface area contributed by atoms with E-state index in [9.17, 15) is 24.9 Å². The van der Waals surface area contributed by atoms with E-state index < -0.39 is 47.3 Å². The fourth-order valence-electron chi connectivity index (χ4n) is 10.1. The lowest BCUT2D eigenvalue weighted by atomic mass is 9.46.